The maximum absolute atomic E-state index is 6.05. The molecule has 0 bridgehead atoms. The Hall–Kier alpha value is -0.910. The molecule has 1 aromatic rings. The number of aromatic nitrogens is 2. The molecular formula is C12H20ClN3O2. The van der Waals surface area contributed by atoms with Gasteiger partial charge in [-0.25, -0.2) is 9.97 Å². The molecule has 1 aromatic heterocycles. The Kier molecular flexibility index (Phi) is 7.64. The lowest BCUT2D eigenvalue weighted by Crippen LogP contribution is -2.32. The van der Waals surface area contributed by atoms with Crippen LogP contribution in [0, 0.1) is 0 Å². The molecule has 0 radical (unpaired) electrons. The molecule has 0 aliphatic carbocycles. The highest BCUT2D eigenvalue weighted by atomic mass is 35.5. The van der Waals surface area contributed by atoms with Gasteiger partial charge in [-0.1, -0.05) is 11.6 Å². The van der Waals surface area contributed by atoms with Crippen LogP contribution in [0.4, 0.5) is 5.82 Å². The zero-order valence-corrected chi connectivity index (χ0v) is 11.7. The lowest BCUT2D eigenvalue weighted by atomic mass is 10.4. The summed E-state index contributed by atoms with van der Waals surface area (Å²) in [6, 6.07) is 0. The van der Waals surface area contributed by atoms with E-state index in [1.807, 2.05) is 18.7 Å². The fraction of sp³-hybridized carbons (Fsp3) is 0.667. The Morgan fingerprint density at radius 1 is 1.06 bits per heavy atom. The fourth-order valence-corrected chi connectivity index (χ4v) is 1.71. The van der Waals surface area contributed by atoms with Crippen LogP contribution in [-0.2, 0) is 9.47 Å². The summed E-state index contributed by atoms with van der Waals surface area (Å²) in [6.07, 6.45) is 3.21. The normalized spacial score (nSPS) is 10.6. The van der Waals surface area contributed by atoms with Gasteiger partial charge in [0, 0.05) is 38.7 Å². The van der Waals surface area contributed by atoms with E-state index < -0.39 is 0 Å². The SMILES string of the molecule is CCOCCN(CCOCC)c1nccnc1Cl. The summed E-state index contributed by atoms with van der Waals surface area (Å²) in [4.78, 5) is 10.3. The quantitative estimate of drug-likeness (QED) is 0.644. The molecule has 0 aromatic carbocycles. The zero-order chi connectivity index (χ0) is 13.2. The van der Waals surface area contributed by atoms with E-state index in [0.717, 1.165) is 13.1 Å². The van der Waals surface area contributed by atoms with Gasteiger partial charge < -0.3 is 14.4 Å². The Labute approximate surface area is 113 Å². The van der Waals surface area contributed by atoms with Crippen molar-refractivity contribution >= 4 is 17.4 Å². The fourth-order valence-electron chi connectivity index (χ4n) is 1.49. The Balaban J connectivity index is 2.60. The average molecular weight is 274 g/mol. The molecule has 6 heteroatoms. The van der Waals surface area contributed by atoms with Gasteiger partial charge in [0.05, 0.1) is 13.2 Å². The Morgan fingerprint density at radius 3 is 2.11 bits per heavy atom. The van der Waals surface area contributed by atoms with Crippen molar-refractivity contribution in [2.45, 2.75) is 13.8 Å². The third-order valence-corrected chi connectivity index (χ3v) is 2.62. The maximum atomic E-state index is 6.05. The number of hydrogen-bond acceptors (Lipinski definition) is 5. The van der Waals surface area contributed by atoms with Crippen LogP contribution in [0.3, 0.4) is 0 Å². The summed E-state index contributed by atoms with van der Waals surface area (Å²) in [7, 11) is 0. The highest BCUT2D eigenvalue weighted by Crippen LogP contribution is 2.19. The van der Waals surface area contributed by atoms with E-state index in [9.17, 15) is 0 Å². The summed E-state index contributed by atoms with van der Waals surface area (Å²) < 4.78 is 10.7. The van der Waals surface area contributed by atoms with Crippen molar-refractivity contribution in [1.82, 2.24) is 9.97 Å². The molecule has 0 N–H and O–H groups in total. The highest BCUT2D eigenvalue weighted by Gasteiger charge is 2.12. The van der Waals surface area contributed by atoms with Crippen LogP contribution in [0.2, 0.25) is 5.15 Å². The third-order valence-electron chi connectivity index (χ3n) is 2.35. The third kappa shape index (κ3) is 5.16. The number of anilines is 1. The van der Waals surface area contributed by atoms with Gasteiger partial charge in [0.15, 0.2) is 11.0 Å². The molecule has 0 spiro atoms. The Bertz CT molecular complexity index is 329. The first-order valence-electron chi connectivity index (χ1n) is 6.16. The molecule has 1 heterocycles. The van der Waals surface area contributed by atoms with Crippen LogP contribution in [0.5, 0.6) is 0 Å². The standard InChI is InChI=1S/C12H20ClN3O2/c1-3-17-9-7-16(8-10-18-4-2)12-11(13)14-5-6-15-12/h5-6H,3-4,7-10H2,1-2H3. The van der Waals surface area contributed by atoms with Crippen molar-refractivity contribution in [2.24, 2.45) is 0 Å². The second-order valence-corrected chi connectivity index (χ2v) is 3.91. The molecule has 0 amide bonds. The lowest BCUT2D eigenvalue weighted by molar-refractivity contribution is 0.141. The predicted octanol–water partition coefficient (Wildman–Crippen LogP) is 2.01. The Morgan fingerprint density at radius 2 is 1.61 bits per heavy atom. The average Bonchev–Trinajstić information content (AvgIpc) is 2.38. The van der Waals surface area contributed by atoms with E-state index in [4.69, 9.17) is 21.1 Å². The molecule has 0 saturated heterocycles. The number of ether oxygens (including phenoxy) is 2. The van der Waals surface area contributed by atoms with Gasteiger partial charge in [0.1, 0.15) is 0 Å². The molecule has 1 rings (SSSR count). The van der Waals surface area contributed by atoms with E-state index in [2.05, 4.69) is 9.97 Å². The van der Waals surface area contributed by atoms with Gasteiger partial charge in [-0.3, -0.25) is 0 Å². The summed E-state index contributed by atoms with van der Waals surface area (Å²) in [5.41, 5.74) is 0. The molecule has 102 valence electrons. The molecular weight excluding hydrogens is 254 g/mol. The summed E-state index contributed by atoms with van der Waals surface area (Å²) >= 11 is 6.05. The van der Waals surface area contributed by atoms with Crippen LogP contribution in [-0.4, -0.2) is 49.5 Å². The largest absolute Gasteiger partial charge is 0.380 e. The minimum atomic E-state index is 0.408. The van der Waals surface area contributed by atoms with Crippen LogP contribution in [0.1, 0.15) is 13.8 Å². The summed E-state index contributed by atoms with van der Waals surface area (Å²) in [5, 5.41) is 0.408. The van der Waals surface area contributed by atoms with E-state index in [-0.39, 0.29) is 0 Å². The molecule has 0 atom stereocenters. The minimum absolute atomic E-state index is 0.408. The highest BCUT2D eigenvalue weighted by molar-refractivity contribution is 6.31. The van der Waals surface area contributed by atoms with Gasteiger partial charge in [-0.15, -0.1) is 0 Å². The first kappa shape index (κ1) is 15.1. The lowest BCUT2D eigenvalue weighted by Gasteiger charge is -2.23. The van der Waals surface area contributed by atoms with Gasteiger partial charge in [0.25, 0.3) is 0 Å². The summed E-state index contributed by atoms with van der Waals surface area (Å²) in [6.45, 7) is 8.06. The van der Waals surface area contributed by atoms with Crippen molar-refractivity contribution in [3.05, 3.63) is 17.5 Å². The first-order chi connectivity index (χ1) is 8.79. The number of nitrogens with zero attached hydrogens (tertiary/aromatic N) is 3. The zero-order valence-electron chi connectivity index (χ0n) is 10.9. The second kappa shape index (κ2) is 9.08. The molecule has 0 fully saturated rings. The van der Waals surface area contributed by atoms with Crippen molar-refractivity contribution in [3.8, 4) is 0 Å². The minimum Gasteiger partial charge on any atom is -0.380 e. The van der Waals surface area contributed by atoms with Crippen molar-refractivity contribution in [3.63, 3.8) is 0 Å². The monoisotopic (exact) mass is 273 g/mol. The van der Waals surface area contributed by atoms with Gasteiger partial charge in [-0.05, 0) is 13.8 Å². The second-order valence-electron chi connectivity index (χ2n) is 3.55. The molecule has 5 nitrogen and oxygen atoms in total. The van der Waals surface area contributed by atoms with Crippen LogP contribution in [0.25, 0.3) is 0 Å². The number of rotatable bonds is 9. The van der Waals surface area contributed by atoms with E-state index >= 15 is 0 Å². The number of hydrogen-bond donors (Lipinski definition) is 0. The van der Waals surface area contributed by atoms with Gasteiger partial charge in [-0.2, -0.15) is 0 Å². The first-order valence-corrected chi connectivity index (χ1v) is 6.54. The summed E-state index contributed by atoms with van der Waals surface area (Å²) in [5.74, 6) is 0.679. The van der Waals surface area contributed by atoms with E-state index in [1.54, 1.807) is 12.4 Å². The van der Waals surface area contributed by atoms with Gasteiger partial charge in [0.2, 0.25) is 0 Å². The van der Waals surface area contributed by atoms with Crippen LogP contribution >= 0.6 is 11.6 Å². The van der Waals surface area contributed by atoms with Gasteiger partial charge >= 0.3 is 0 Å². The predicted molar refractivity (Wildman–Crippen MR) is 72.2 cm³/mol. The maximum Gasteiger partial charge on any atom is 0.171 e. The number of halogens is 1. The van der Waals surface area contributed by atoms with Crippen LogP contribution in [0.15, 0.2) is 12.4 Å². The van der Waals surface area contributed by atoms with E-state index in [0.29, 0.717) is 37.4 Å². The van der Waals surface area contributed by atoms with Crippen LogP contribution < -0.4 is 4.90 Å². The van der Waals surface area contributed by atoms with Crippen molar-refractivity contribution in [2.75, 3.05) is 44.4 Å². The molecule has 0 aliphatic heterocycles. The molecule has 18 heavy (non-hydrogen) atoms. The van der Waals surface area contributed by atoms with Crippen molar-refractivity contribution in [1.29, 1.82) is 0 Å². The topological polar surface area (TPSA) is 47.5 Å². The smallest absolute Gasteiger partial charge is 0.171 e. The molecule has 0 unspecified atom stereocenters. The molecule has 0 aliphatic rings. The van der Waals surface area contributed by atoms with E-state index in [1.165, 1.54) is 0 Å². The molecule has 0 saturated carbocycles. The van der Waals surface area contributed by atoms with Crippen molar-refractivity contribution < 1.29 is 9.47 Å².